The molecule has 96 valence electrons. The van der Waals surface area contributed by atoms with Crippen LogP contribution >= 0.6 is 0 Å². The van der Waals surface area contributed by atoms with E-state index in [0.717, 1.165) is 25.2 Å². The lowest BCUT2D eigenvalue weighted by molar-refractivity contribution is 0.233. The summed E-state index contributed by atoms with van der Waals surface area (Å²) < 4.78 is 5.70. The summed E-state index contributed by atoms with van der Waals surface area (Å²) >= 11 is 0. The van der Waals surface area contributed by atoms with E-state index in [9.17, 15) is 0 Å². The Morgan fingerprint density at radius 2 is 1.88 bits per heavy atom. The van der Waals surface area contributed by atoms with Gasteiger partial charge in [0.05, 0.1) is 6.61 Å². The molecule has 0 aliphatic heterocycles. The maximum absolute atomic E-state index is 5.70. The summed E-state index contributed by atoms with van der Waals surface area (Å²) in [5, 5.41) is 0. The lowest BCUT2D eigenvalue weighted by Crippen LogP contribution is -2.26. The van der Waals surface area contributed by atoms with Crippen LogP contribution in [0.1, 0.15) is 18.9 Å². The van der Waals surface area contributed by atoms with Crippen molar-refractivity contribution in [3.8, 4) is 5.75 Å². The first-order chi connectivity index (χ1) is 8.13. The minimum atomic E-state index is 0.548. The normalized spacial score (nSPS) is 12.8. The van der Waals surface area contributed by atoms with Crippen molar-refractivity contribution in [1.82, 2.24) is 4.90 Å². The second kappa shape index (κ2) is 7.30. The van der Waals surface area contributed by atoms with Crippen LogP contribution in [0, 0.1) is 0 Å². The smallest absolute Gasteiger partial charge is 0.119 e. The van der Waals surface area contributed by atoms with E-state index in [-0.39, 0.29) is 0 Å². The van der Waals surface area contributed by atoms with Crippen molar-refractivity contribution < 1.29 is 4.74 Å². The maximum Gasteiger partial charge on any atom is 0.119 e. The summed E-state index contributed by atoms with van der Waals surface area (Å²) in [5.41, 5.74) is 6.77. The summed E-state index contributed by atoms with van der Waals surface area (Å²) in [5.74, 6) is 0.941. The maximum atomic E-state index is 5.70. The molecule has 0 aromatic heterocycles. The molecule has 0 aliphatic carbocycles. The van der Waals surface area contributed by atoms with E-state index in [1.807, 2.05) is 12.1 Å². The Bertz CT molecular complexity index is 309. The standard InChI is InChI=1S/C14H24N2O/c1-12(16(2)3)9-11-17-14-6-4-13(5-7-14)8-10-15/h4-7,12H,8-11,15H2,1-3H3. The largest absolute Gasteiger partial charge is 0.494 e. The Hall–Kier alpha value is -1.06. The van der Waals surface area contributed by atoms with Gasteiger partial charge in [0.15, 0.2) is 0 Å². The second-order valence-corrected chi connectivity index (χ2v) is 4.63. The number of rotatable bonds is 7. The van der Waals surface area contributed by atoms with E-state index in [1.165, 1.54) is 5.56 Å². The number of nitrogens with zero attached hydrogens (tertiary/aromatic N) is 1. The molecule has 0 bridgehead atoms. The molecule has 17 heavy (non-hydrogen) atoms. The van der Waals surface area contributed by atoms with Gasteiger partial charge in [0, 0.05) is 6.04 Å². The van der Waals surface area contributed by atoms with Crippen molar-refractivity contribution in [3.63, 3.8) is 0 Å². The Balaban J connectivity index is 2.32. The summed E-state index contributed by atoms with van der Waals surface area (Å²) in [6.07, 6.45) is 1.97. The molecular formula is C14H24N2O. The van der Waals surface area contributed by atoms with Crippen molar-refractivity contribution in [3.05, 3.63) is 29.8 Å². The minimum absolute atomic E-state index is 0.548. The Kier molecular flexibility index (Phi) is 6.01. The van der Waals surface area contributed by atoms with Crippen LogP contribution in [-0.4, -0.2) is 38.2 Å². The summed E-state index contributed by atoms with van der Waals surface area (Å²) in [6, 6.07) is 8.75. The molecule has 0 saturated heterocycles. The van der Waals surface area contributed by atoms with Gasteiger partial charge in [-0.05, 0) is 58.1 Å². The number of benzene rings is 1. The van der Waals surface area contributed by atoms with Crippen LogP contribution in [0.25, 0.3) is 0 Å². The number of nitrogens with two attached hydrogens (primary N) is 1. The molecule has 3 nitrogen and oxygen atoms in total. The summed E-state index contributed by atoms with van der Waals surface area (Å²) in [4.78, 5) is 2.20. The SMILES string of the molecule is CC(CCOc1ccc(CCN)cc1)N(C)C. The van der Waals surface area contributed by atoms with E-state index >= 15 is 0 Å². The van der Waals surface area contributed by atoms with Gasteiger partial charge >= 0.3 is 0 Å². The molecule has 0 saturated carbocycles. The van der Waals surface area contributed by atoms with Crippen LogP contribution in [0.4, 0.5) is 0 Å². The Morgan fingerprint density at radius 3 is 2.41 bits per heavy atom. The lowest BCUT2D eigenvalue weighted by atomic mass is 10.1. The average Bonchev–Trinajstić information content (AvgIpc) is 2.31. The minimum Gasteiger partial charge on any atom is -0.494 e. The fourth-order valence-corrected chi connectivity index (χ4v) is 1.52. The highest BCUT2D eigenvalue weighted by atomic mass is 16.5. The third kappa shape index (κ3) is 5.20. The topological polar surface area (TPSA) is 38.5 Å². The number of hydrogen-bond acceptors (Lipinski definition) is 3. The third-order valence-electron chi connectivity index (χ3n) is 3.04. The lowest BCUT2D eigenvalue weighted by Gasteiger charge is -2.19. The molecule has 1 rings (SSSR count). The summed E-state index contributed by atoms with van der Waals surface area (Å²) in [7, 11) is 4.18. The zero-order chi connectivity index (χ0) is 12.7. The molecule has 0 fully saturated rings. The van der Waals surface area contributed by atoms with E-state index in [1.54, 1.807) is 0 Å². The Labute approximate surface area is 105 Å². The van der Waals surface area contributed by atoms with Crippen LogP contribution in [0.2, 0.25) is 0 Å². The molecule has 0 radical (unpaired) electrons. The van der Waals surface area contributed by atoms with E-state index in [4.69, 9.17) is 10.5 Å². The van der Waals surface area contributed by atoms with Crippen LogP contribution in [-0.2, 0) is 6.42 Å². The highest BCUT2D eigenvalue weighted by Crippen LogP contribution is 2.13. The molecule has 0 amide bonds. The molecule has 2 N–H and O–H groups in total. The Morgan fingerprint density at radius 1 is 1.24 bits per heavy atom. The second-order valence-electron chi connectivity index (χ2n) is 4.63. The van der Waals surface area contributed by atoms with Crippen molar-refractivity contribution in [2.75, 3.05) is 27.2 Å². The third-order valence-corrected chi connectivity index (χ3v) is 3.04. The molecule has 0 heterocycles. The zero-order valence-electron chi connectivity index (χ0n) is 11.1. The molecule has 1 unspecified atom stereocenters. The molecule has 0 spiro atoms. The van der Waals surface area contributed by atoms with E-state index in [0.29, 0.717) is 12.6 Å². The van der Waals surface area contributed by atoms with Crippen LogP contribution < -0.4 is 10.5 Å². The first-order valence-corrected chi connectivity index (χ1v) is 6.21. The van der Waals surface area contributed by atoms with Crippen molar-refractivity contribution in [2.24, 2.45) is 5.73 Å². The van der Waals surface area contributed by atoms with Crippen molar-refractivity contribution >= 4 is 0 Å². The fraction of sp³-hybridized carbons (Fsp3) is 0.571. The number of hydrogen-bond donors (Lipinski definition) is 1. The summed E-state index contributed by atoms with van der Waals surface area (Å²) in [6.45, 7) is 3.66. The molecule has 1 aromatic carbocycles. The average molecular weight is 236 g/mol. The van der Waals surface area contributed by atoms with Gasteiger partial charge < -0.3 is 15.4 Å². The van der Waals surface area contributed by atoms with Crippen molar-refractivity contribution in [1.29, 1.82) is 0 Å². The molecular weight excluding hydrogens is 212 g/mol. The van der Waals surface area contributed by atoms with E-state index < -0.39 is 0 Å². The predicted octanol–water partition coefficient (Wildman–Crippen LogP) is 1.91. The van der Waals surface area contributed by atoms with Gasteiger partial charge in [-0.2, -0.15) is 0 Å². The quantitative estimate of drug-likeness (QED) is 0.786. The highest BCUT2D eigenvalue weighted by Gasteiger charge is 2.04. The van der Waals surface area contributed by atoms with Gasteiger partial charge in [-0.1, -0.05) is 12.1 Å². The first-order valence-electron chi connectivity index (χ1n) is 6.21. The van der Waals surface area contributed by atoms with Gasteiger partial charge in [0.2, 0.25) is 0 Å². The van der Waals surface area contributed by atoms with Gasteiger partial charge in [0.1, 0.15) is 5.75 Å². The molecule has 3 heteroatoms. The monoisotopic (exact) mass is 236 g/mol. The van der Waals surface area contributed by atoms with Gasteiger partial charge in [-0.25, -0.2) is 0 Å². The predicted molar refractivity (Wildman–Crippen MR) is 72.5 cm³/mol. The zero-order valence-corrected chi connectivity index (χ0v) is 11.1. The van der Waals surface area contributed by atoms with Crippen molar-refractivity contribution in [2.45, 2.75) is 25.8 Å². The highest BCUT2D eigenvalue weighted by molar-refractivity contribution is 5.27. The molecule has 1 atom stereocenters. The van der Waals surface area contributed by atoms with Crippen LogP contribution in [0.15, 0.2) is 24.3 Å². The van der Waals surface area contributed by atoms with Gasteiger partial charge in [-0.15, -0.1) is 0 Å². The van der Waals surface area contributed by atoms with Gasteiger partial charge in [0.25, 0.3) is 0 Å². The van der Waals surface area contributed by atoms with Crippen LogP contribution in [0.5, 0.6) is 5.75 Å². The fourth-order valence-electron chi connectivity index (χ4n) is 1.52. The first kappa shape index (κ1) is 14.0. The van der Waals surface area contributed by atoms with E-state index in [2.05, 4.69) is 38.1 Å². The molecule has 0 aliphatic rings. The van der Waals surface area contributed by atoms with Gasteiger partial charge in [-0.3, -0.25) is 0 Å². The number of ether oxygens (including phenoxy) is 1. The molecule has 1 aromatic rings. The van der Waals surface area contributed by atoms with Crippen LogP contribution in [0.3, 0.4) is 0 Å².